The summed E-state index contributed by atoms with van der Waals surface area (Å²) in [4.78, 5) is 23.4. The lowest BCUT2D eigenvalue weighted by Gasteiger charge is -2.07. The molecule has 0 radical (unpaired) electrons. The average Bonchev–Trinajstić information content (AvgIpc) is 2.49. The lowest BCUT2D eigenvalue weighted by Crippen LogP contribution is -2.33. The van der Waals surface area contributed by atoms with Gasteiger partial charge in [-0.25, -0.2) is 0 Å². The molecule has 118 valence electrons. The van der Waals surface area contributed by atoms with Crippen molar-refractivity contribution < 1.29 is 14.3 Å². The summed E-state index contributed by atoms with van der Waals surface area (Å²) in [6, 6.07) is 6.62. The van der Waals surface area contributed by atoms with Gasteiger partial charge in [0.15, 0.2) is 0 Å². The number of ether oxygens (including phenoxy) is 1. The molecule has 0 fully saturated rings. The molecule has 1 aromatic carbocycles. The van der Waals surface area contributed by atoms with E-state index >= 15 is 0 Å². The number of halogens is 1. The normalized spacial score (nSPS) is 9.62. The number of hydrogen-bond donors (Lipinski definition) is 3. The minimum Gasteiger partial charge on any atom is -0.383 e. The van der Waals surface area contributed by atoms with Crippen LogP contribution >= 0.6 is 12.4 Å². The first-order valence-electron chi connectivity index (χ1n) is 6.49. The predicted molar refractivity (Wildman–Crippen MR) is 84.2 cm³/mol. The van der Waals surface area contributed by atoms with E-state index in [1.165, 1.54) is 0 Å². The van der Waals surface area contributed by atoms with E-state index in [0.29, 0.717) is 30.8 Å². The highest BCUT2D eigenvalue weighted by Gasteiger charge is 2.08. The van der Waals surface area contributed by atoms with Crippen LogP contribution in [0.1, 0.15) is 20.7 Å². The molecule has 0 saturated heterocycles. The van der Waals surface area contributed by atoms with Crippen LogP contribution in [0.4, 0.5) is 0 Å². The zero-order valence-electron chi connectivity index (χ0n) is 12.3. The minimum atomic E-state index is -0.208. The highest BCUT2D eigenvalue weighted by atomic mass is 35.5. The lowest BCUT2D eigenvalue weighted by molar-refractivity contribution is 0.0953. The minimum absolute atomic E-state index is 0. The van der Waals surface area contributed by atoms with Gasteiger partial charge in [-0.3, -0.25) is 9.59 Å². The lowest BCUT2D eigenvalue weighted by atomic mass is 10.1. The van der Waals surface area contributed by atoms with Crippen LogP contribution in [0.3, 0.4) is 0 Å². The van der Waals surface area contributed by atoms with Crippen molar-refractivity contribution in [2.45, 2.75) is 0 Å². The fourth-order valence-electron chi connectivity index (χ4n) is 1.61. The van der Waals surface area contributed by atoms with Gasteiger partial charge in [0, 0.05) is 44.9 Å². The molecule has 0 bridgehead atoms. The Kier molecular flexibility index (Phi) is 10.2. The van der Waals surface area contributed by atoms with E-state index in [2.05, 4.69) is 16.0 Å². The molecule has 3 N–H and O–H groups in total. The van der Waals surface area contributed by atoms with Crippen LogP contribution in [0.25, 0.3) is 0 Å². The van der Waals surface area contributed by atoms with E-state index < -0.39 is 0 Å². The molecule has 0 atom stereocenters. The Bertz CT molecular complexity index is 455. The van der Waals surface area contributed by atoms with Gasteiger partial charge in [-0.2, -0.15) is 0 Å². The van der Waals surface area contributed by atoms with E-state index in [4.69, 9.17) is 4.74 Å². The summed E-state index contributed by atoms with van der Waals surface area (Å²) in [6.45, 7) is 2.58. The number of rotatable bonds is 8. The van der Waals surface area contributed by atoms with Crippen molar-refractivity contribution >= 4 is 24.2 Å². The molecule has 0 saturated carbocycles. The van der Waals surface area contributed by atoms with Crippen LogP contribution in [-0.2, 0) is 4.74 Å². The van der Waals surface area contributed by atoms with Gasteiger partial charge in [0.05, 0.1) is 6.61 Å². The number of hydrogen-bond acceptors (Lipinski definition) is 4. The van der Waals surface area contributed by atoms with Crippen molar-refractivity contribution in [3.05, 3.63) is 35.4 Å². The van der Waals surface area contributed by atoms with Gasteiger partial charge in [-0.1, -0.05) is 6.07 Å². The summed E-state index contributed by atoms with van der Waals surface area (Å²) in [5.74, 6) is -0.398. The molecule has 21 heavy (non-hydrogen) atoms. The zero-order chi connectivity index (χ0) is 14.8. The maximum atomic E-state index is 11.9. The summed E-state index contributed by atoms with van der Waals surface area (Å²) in [5, 5.41) is 8.44. The van der Waals surface area contributed by atoms with Gasteiger partial charge in [0.1, 0.15) is 0 Å². The fraction of sp³-hybridized carbons (Fsp3) is 0.429. The van der Waals surface area contributed by atoms with E-state index in [1.54, 1.807) is 38.4 Å². The SMILES string of the molecule is CNC(=O)c1cccc(C(=O)NCCNCCOC)c1.Cl. The summed E-state index contributed by atoms with van der Waals surface area (Å²) in [5.41, 5.74) is 0.946. The Morgan fingerprint density at radius 2 is 1.76 bits per heavy atom. The van der Waals surface area contributed by atoms with E-state index in [1.807, 2.05) is 0 Å². The number of methoxy groups -OCH3 is 1. The van der Waals surface area contributed by atoms with Gasteiger partial charge < -0.3 is 20.7 Å². The first kappa shape index (κ1) is 19.4. The van der Waals surface area contributed by atoms with Crippen LogP contribution in [-0.4, -0.2) is 52.2 Å². The third-order valence-electron chi connectivity index (χ3n) is 2.68. The topological polar surface area (TPSA) is 79.5 Å². The highest BCUT2D eigenvalue weighted by molar-refractivity contribution is 5.99. The Balaban J connectivity index is 0.00000400. The molecule has 2 amide bonds. The molecule has 6 nitrogen and oxygen atoms in total. The van der Waals surface area contributed by atoms with Crippen molar-refractivity contribution in [3.8, 4) is 0 Å². The fourth-order valence-corrected chi connectivity index (χ4v) is 1.61. The summed E-state index contributed by atoms with van der Waals surface area (Å²) in [7, 11) is 3.20. The van der Waals surface area contributed by atoms with Gasteiger partial charge in [0.25, 0.3) is 11.8 Å². The first-order valence-corrected chi connectivity index (χ1v) is 6.49. The number of benzene rings is 1. The summed E-state index contributed by atoms with van der Waals surface area (Å²) in [6.07, 6.45) is 0. The second kappa shape index (κ2) is 11.1. The third kappa shape index (κ3) is 7.08. The molecule has 0 aliphatic rings. The molecule has 0 unspecified atom stereocenters. The number of nitrogens with one attached hydrogen (secondary N) is 3. The van der Waals surface area contributed by atoms with Gasteiger partial charge in [-0.15, -0.1) is 12.4 Å². The maximum Gasteiger partial charge on any atom is 0.251 e. The van der Waals surface area contributed by atoms with Gasteiger partial charge >= 0.3 is 0 Å². The number of amides is 2. The van der Waals surface area contributed by atoms with Crippen molar-refractivity contribution in [2.75, 3.05) is 40.4 Å². The molecule has 1 aromatic rings. The maximum absolute atomic E-state index is 11.9. The highest BCUT2D eigenvalue weighted by Crippen LogP contribution is 2.05. The van der Waals surface area contributed by atoms with Crippen molar-refractivity contribution in [1.29, 1.82) is 0 Å². The Morgan fingerprint density at radius 1 is 1.10 bits per heavy atom. The third-order valence-corrected chi connectivity index (χ3v) is 2.68. The second-order valence-corrected chi connectivity index (χ2v) is 4.16. The molecule has 0 aromatic heterocycles. The molecule has 0 aliphatic carbocycles. The van der Waals surface area contributed by atoms with Crippen LogP contribution in [0.2, 0.25) is 0 Å². The van der Waals surface area contributed by atoms with Gasteiger partial charge in [-0.05, 0) is 18.2 Å². The quantitative estimate of drug-likeness (QED) is 0.608. The Morgan fingerprint density at radius 3 is 2.38 bits per heavy atom. The van der Waals surface area contributed by atoms with E-state index in [-0.39, 0.29) is 24.2 Å². The first-order chi connectivity index (χ1) is 9.69. The number of carbonyl (C=O) groups excluding carboxylic acids is 2. The summed E-state index contributed by atoms with van der Waals surface area (Å²) < 4.78 is 4.90. The predicted octanol–water partition coefficient (Wildman–Crippen LogP) is 0.434. The van der Waals surface area contributed by atoms with Crippen molar-refractivity contribution in [3.63, 3.8) is 0 Å². The zero-order valence-corrected chi connectivity index (χ0v) is 13.1. The Hall–Kier alpha value is -1.63. The van der Waals surface area contributed by atoms with Crippen LogP contribution < -0.4 is 16.0 Å². The summed E-state index contributed by atoms with van der Waals surface area (Å²) >= 11 is 0. The monoisotopic (exact) mass is 315 g/mol. The molecule has 1 rings (SSSR count). The molecule has 7 heteroatoms. The van der Waals surface area contributed by atoms with Crippen LogP contribution in [0.15, 0.2) is 24.3 Å². The molecule has 0 spiro atoms. The van der Waals surface area contributed by atoms with Crippen LogP contribution in [0, 0.1) is 0 Å². The number of carbonyl (C=O) groups is 2. The van der Waals surface area contributed by atoms with Gasteiger partial charge in [0.2, 0.25) is 0 Å². The van der Waals surface area contributed by atoms with E-state index in [0.717, 1.165) is 6.54 Å². The van der Waals surface area contributed by atoms with Crippen LogP contribution in [0.5, 0.6) is 0 Å². The molecular weight excluding hydrogens is 294 g/mol. The van der Waals surface area contributed by atoms with Crippen molar-refractivity contribution in [1.82, 2.24) is 16.0 Å². The Labute approximate surface area is 131 Å². The molecular formula is C14H22ClN3O3. The molecule has 0 heterocycles. The average molecular weight is 316 g/mol. The largest absolute Gasteiger partial charge is 0.383 e. The van der Waals surface area contributed by atoms with E-state index in [9.17, 15) is 9.59 Å². The van der Waals surface area contributed by atoms with Crippen molar-refractivity contribution in [2.24, 2.45) is 0 Å². The second-order valence-electron chi connectivity index (χ2n) is 4.16. The molecule has 0 aliphatic heterocycles. The standard InChI is InChI=1S/C14H21N3O3.ClH/c1-15-13(18)11-4-3-5-12(10-11)14(19)17-7-6-16-8-9-20-2;/h3-5,10,16H,6-9H2,1-2H3,(H,15,18)(H,17,19);1H. The smallest absolute Gasteiger partial charge is 0.251 e.